The Balaban J connectivity index is 2.45. The smallest absolute Gasteiger partial charge is 0.287 e. The van der Waals surface area contributed by atoms with Gasteiger partial charge in [-0.15, -0.1) is 0 Å². The second kappa shape index (κ2) is 4.45. The zero-order chi connectivity index (χ0) is 10.6. The van der Waals surface area contributed by atoms with Gasteiger partial charge in [0.1, 0.15) is 0 Å². The summed E-state index contributed by atoms with van der Waals surface area (Å²) in [6.45, 7) is 1.70. The molecule has 0 aromatic carbocycles. The molecule has 0 saturated heterocycles. The van der Waals surface area contributed by atoms with Crippen LogP contribution >= 0.6 is 0 Å². The molecule has 1 aromatic heterocycles. The SMILES string of the molecule is CC(CC(N)=O)NC(=O)c1ccco1. The van der Waals surface area contributed by atoms with E-state index >= 15 is 0 Å². The molecule has 0 bridgehead atoms. The predicted octanol–water partition coefficient (Wildman–Crippen LogP) is 0.273. The third kappa shape index (κ3) is 2.93. The molecule has 0 spiro atoms. The van der Waals surface area contributed by atoms with Crippen LogP contribution in [0.4, 0.5) is 0 Å². The lowest BCUT2D eigenvalue weighted by atomic mass is 10.2. The average Bonchev–Trinajstić information content (AvgIpc) is 2.53. The van der Waals surface area contributed by atoms with Gasteiger partial charge in [-0.3, -0.25) is 9.59 Å². The van der Waals surface area contributed by atoms with Crippen molar-refractivity contribution in [1.29, 1.82) is 0 Å². The number of nitrogens with one attached hydrogen (secondary N) is 1. The van der Waals surface area contributed by atoms with E-state index in [-0.39, 0.29) is 24.1 Å². The summed E-state index contributed by atoms with van der Waals surface area (Å²) in [6, 6.07) is 2.88. The van der Waals surface area contributed by atoms with Crippen molar-refractivity contribution in [3.8, 4) is 0 Å². The predicted molar refractivity (Wildman–Crippen MR) is 49.4 cm³/mol. The largest absolute Gasteiger partial charge is 0.459 e. The van der Waals surface area contributed by atoms with Crippen LogP contribution in [0.2, 0.25) is 0 Å². The minimum absolute atomic E-state index is 0.118. The second-order valence-electron chi connectivity index (χ2n) is 3.02. The van der Waals surface area contributed by atoms with E-state index in [1.54, 1.807) is 19.1 Å². The van der Waals surface area contributed by atoms with Gasteiger partial charge in [0.2, 0.25) is 5.91 Å². The van der Waals surface area contributed by atoms with Crippen LogP contribution in [0.5, 0.6) is 0 Å². The molecule has 1 rings (SSSR count). The van der Waals surface area contributed by atoms with Gasteiger partial charge in [-0.25, -0.2) is 0 Å². The summed E-state index contributed by atoms with van der Waals surface area (Å²) in [5, 5.41) is 2.58. The Morgan fingerprint density at radius 2 is 2.36 bits per heavy atom. The van der Waals surface area contributed by atoms with Crippen LogP contribution in [0.1, 0.15) is 23.9 Å². The highest BCUT2D eigenvalue weighted by Gasteiger charge is 2.13. The van der Waals surface area contributed by atoms with Crippen molar-refractivity contribution in [1.82, 2.24) is 5.32 Å². The fourth-order valence-corrected chi connectivity index (χ4v) is 1.06. The van der Waals surface area contributed by atoms with E-state index in [1.807, 2.05) is 0 Å². The van der Waals surface area contributed by atoms with E-state index < -0.39 is 5.91 Å². The van der Waals surface area contributed by atoms with Gasteiger partial charge in [-0.2, -0.15) is 0 Å². The summed E-state index contributed by atoms with van der Waals surface area (Å²) < 4.78 is 4.87. The summed E-state index contributed by atoms with van der Waals surface area (Å²) >= 11 is 0. The number of primary amides is 1. The molecular formula is C9H12N2O3. The standard InChI is InChI=1S/C9H12N2O3/c1-6(5-8(10)12)11-9(13)7-3-2-4-14-7/h2-4,6H,5H2,1H3,(H2,10,12)(H,11,13). The molecule has 0 fully saturated rings. The highest BCUT2D eigenvalue weighted by Crippen LogP contribution is 2.00. The van der Waals surface area contributed by atoms with Gasteiger partial charge in [-0.05, 0) is 19.1 Å². The first-order valence-corrected chi connectivity index (χ1v) is 4.22. The van der Waals surface area contributed by atoms with Crippen LogP contribution in [0, 0.1) is 0 Å². The van der Waals surface area contributed by atoms with Gasteiger partial charge in [0.15, 0.2) is 5.76 Å². The normalized spacial score (nSPS) is 12.1. The molecule has 5 nitrogen and oxygen atoms in total. The fraction of sp³-hybridized carbons (Fsp3) is 0.333. The van der Waals surface area contributed by atoms with Crippen molar-refractivity contribution >= 4 is 11.8 Å². The third-order valence-corrected chi connectivity index (χ3v) is 1.63. The first-order chi connectivity index (χ1) is 6.59. The highest BCUT2D eigenvalue weighted by atomic mass is 16.3. The molecule has 1 aromatic rings. The van der Waals surface area contributed by atoms with E-state index in [1.165, 1.54) is 6.26 Å². The van der Waals surface area contributed by atoms with Crippen LogP contribution < -0.4 is 11.1 Å². The van der Waals surface area contributed by atoms with Gasteiger partial charge >= 0.3 is 0 Å². The lowest BCUT2D eigenvalue weighted by Gasteiger charge is -2.09. The number of amides is 2. The summed E-state index contributed by atoms with van der Waals surface area (Å²) in [4.78, 5) is 21.9. The van der Waals surface area contributed by atoms with Crippen LogP contribution in [-0.4, -0.2) is 17.9 Å². The minimum atomic E-state index is -0.447. The second-order valence-corrected chi connectivity index (χ2v) is 3.02. The van der Waals surface area contributed by atoms with Gasteiger partial charge in [0.25, 0.3) is 5.91 Å². The zero-order valence-electron chi connectivity index (χ0n) is 7.82. The topological polar surface area (TPSA) is 85.3 Å². The van der Waals surface area contributed by atoms with Crippen molar-refractivity contribution in [3.63, 3.8) is 0 Å². The van der Waals surface area contributed by atoms with Crippen molar-refractivity contribution in [3.05, 3.63) is 24.2 Å². The number of hydrogen-bond donors (Lipinski definition) is 2. The Kier molecular flexibility index (Phi) is 3.28. The fourth-order valence-electron chi connectivity index (χ4n) is 1.06. The van der Waals surface area contributed by atoms with Crippen molar-refractivity contribution in [2.75, 3.05) is 0 Å². The van der Waals surface area contributed by atoms with Gasteiger partial charge in [0.05, 0.1) is 6.26 Å². The molecule has 1 heterocycles. The Bertz CT molecular complexity index is 319. The van der Waals surface area contributed by atoms with E-state index in [2.05, 4.69) is 5.32 Å². The molecule has 0 aliphatic carbocycles. The van der Waals surface area contributed by atoms with Crippen LogP contribution in [-0.2, 0) is 4.79 Å². The summed E-state index contributed by atoms with van der Waals surface area (Å²) in [5.74, 6) is -0.567. The van der Waals surface area contributed by atoms with Gasteiger partial charge < -0.3 is 15.5 Å². The van der Waals surface area contributed by atoms with Crippen molar-refractivity contribution < 1.29 is 14.0 Å². The van der Waals surface area contributed by atoms with E-state index in [0.717, 1.165) is 0 Å². The van der Waals surface area contributed by atoms with Crippen LogP contribution in [0.3, 0.4) is 0 Å². The van der Waals surface area contributed by atoms with Gasteiger partial charge in [-0.1, -0.05) is 0 Å². The molecule has 1 atom stereocenters. The lowest BCUT2D eigenvalue weighted by Crippen LogP contribution is -2.35. The first-order valence-electron chi connectivity index (χ1n) is 4.22. The summed E-state index contributed by atoms with van der Waals surface area (Å²) in [7, 11) is 0. The lowest BCUT2D eigenvalue weighted by molar-refractivity contribution is -0.118. The molecule has 3 N–H and O–H groups in total. The number of rotatable bonds is 4. The van der Waals surface area contributed by atoms with Crippen LogP contribution in [0.15, 0.2) is 22.8 Å². The molecule has 0 radical (unpaired) electrons. The molecule has 1 unspecified atom stereocenters. The van der Waals surface area contributed by atoms with Crippen LogP contribution in [0.25, 0.3) is 0 Å². The minimum Gasteiger partial charge on any atom is -0.459 e. The molecule has 14 heavy (non-hydrogen) atoms. The van der Waals surface area contributed by atoms with Crippen molar-refractivity contribution in [2.45, 2.75) is 19.4 Å². The Morgan fingerprint density at radius 1 is 1.64 bits per heavy atom. The molecule has 5 heteroatoms. The van der Waals surface area contributed by atoms with E-state index in [4.69, 9.17) is 10.2 Å². The number of hydrogen-bond acceptors (Lipinski definition) is 3. The molecule has 76 valence electrons. The molecule has 0 aliphatic heterocycles. The first kappa shape index (κ1) is 10.3. The van der Waals surface area contributed by atoms with E-state index in [9.17, 15) is 9.59 Å². The zero-order valence-corrected chi connectivity index (χ0v) is 7.82. The quantitative estimate of drug-likeness (QED) is 0.724. The number of furan rings is 1. The molecule has 2 amide bonds. The third-order valence-electron chi connectivity index (χ3n) is 1.63. The van der Waals surface area contributed by atoms with Gasteiger partial charge in [0, 0.05) is 12.5 Å². The Morgan fingerprint density at radius 3 is 2.86 bits per heavy atom. The molecular weight excluding hydrogens is 184 g/mol. The molecule has 0 aliphatic rings. The van der Waals surface area contributed by atoms with E-state index in [0.29, 0.717) is 0 Å². The summed E-state index contributed by atoms with van der Waals surface area (Å²) in [5.41, 5.74) is 4.97. The Labute approximate surface area is 81.3 Å². The Hall–Kier alpha value is -1.78. The number of nitrogens with two attached hydrogens (primary N) is 1. The molecule has 0 saturated carbocycles. The maximum Gasteiger partial charge on any atom is 0.287 e. The number of carbonyl (C=O) groups is 2. The maximum absolute atomic E-state index is 11.3. The highest BCUT2D eigenvalue weighted by molar-refractivity contribution is 5.91. The maximum atomic E-state index is 11.3. The monoisotopic (exact) mass is 196 g/mol. The average molecular weight is 196 g/mol. The summed E-state index contributed by atoms with van der Waals surface area (Å²) in [6.07, 6.45) is 1.53. The van der Waals surface area contributed by atoms with Crippen molar-refractivity contribution in [2.24, 2.45) is 5.73 Å². The number of carbonyl (C=O) groups excluding carboxylic acids is 2.